The van der Waals surface area contributed by atoms with Crippen LogP contribution < -0.4 is 10.2 Å². The molecule has 1 fully saturated rings. The third-order valence-electron chi connectivity index (χ3n) is 5.41. The highest BCUT2D eigenvalue weighted by Crippen LogP contribution is 2.32. The van der Waals surface area contributed by atoms with Crippen LogP contribution in [0.1, 0.15) is 31.7 Å². The van der Waals surface area contributed by atoms with Crippen molar-refractivity contribution >= 4 is 5.69 Å². The number of aliphatic hydroxyl groups excluding tert-OH is 1. The molecule has 134 valence electrons. The minimum absolute atomic E-state index is 0.231. The number of hydrogen-bond donors (Lipinski definition) is 2. The second-order valence-electron chi connectivity index (χ2n) is 7.03. The van der Waals surface area contributed by atoms with Gasteiger partial charge in [0.25, 0.3) is 0 Å². The molecule has 2 aromatic rings. The first kappa shape index (κ1) is 18.0. The predicted molar refractivity (Wildman–Crippen MR) is 106 cm³/mol. The van der Waals surface area contributed by atoms with E-state index >= 15 is 0 Å². The van der Waals surface area contributed by atoms with Crippen LogP contribution in [0, 0.1) is 6.92 Å². The van der Waals surface area contributed by atoms with E-state index in [9.17, 15) is 5.11 Å². The maximum atomic E-state index is 9.39. The van der Waals surface area contributed by atoms with Crippen molar-refractivity contribution in [2.45, 2.75) is 45.2 Å². The van der Waals surface area contributed by atoms with Crippen molar-refractivity contribution in [3.63, 3.8) is 0 Å². The molecule has 3 heteroatoms. The highest BCUT2D eigenvalue weighted by atomic mass is 16.3. The summed E-state index contributed by atoms with van der Waals surface area (Å²) in [5.74, 6) is 0. The summed E-state index contributed by atoms with van der Waals surface area (Å²) < 4.78 is 0. The molecular formula is C22H30N2O. The number of nitrogens with one attached hydrogen (secondary N) is 1. The zero-order chi connectivity index (χ0) is 17.6. The number of piperidine rings is 1. The van der Waals surface area contributed by atoms with Gasteiger partial charge in [-0.3, -0.25) is 0 Å². The minimum Gasteiger partial charge on any atom is -0.395 e. The number of benzene rings is 2. The van der Waals surface area contributed by atoms with Crippen molar-refractivity contribution < 1.29 is 5.11 Å². The third-order valence-corrected chi connectivity index (χ3v) is 5.41. The molecule has 2 N–H and O–H groups in total. The zero-order valence-corrected chi connectivity index (χ0v) is 15.4. The largest absolute Gasteiger partial charge is 0.395 e. The van der Waals surface area contributed by atoms with Crippen LogP contribution in [0.15, 0.2) is 48.5 Å². The Morgan fingerprint density at radius 1 is 1.08 bits per heavy atom. The average Bonchev–Trinajstić information content (AvgIpc) is 2.67. The highest BCUT2D eigenvalue weighted by Gasteiger charge is 2.22. The second-order valence-corrected chi connectivity index (χ2v) is 7.03. The van der Waals surface area contributed by atoms with E-state index in [1.807, 2.05) is 0 Å². The Labute approximate surface area is 151 Å². The summed E-state index contributed by atoms with van der Waals surface area (Å²) in [4.78, 5) is 2.51. The van der Waals surface area contributed by atoms with Gasteiger partial charge in [-0.25, -0.2) is 0 Å². The fourth-order valence-corrected chi connectivity index (χ4v) is 3.82. The third kappa shape index (κ3) is 4.23. The molecule has 25 heavy (non-hydrogen) atoms. The van der Waals surface area contributed by atoms with E-state index in [4.69, 9.17) is 0 Å². The monoisotopic (exact) mass is 338 g/mol. The predicted octanol–water partition coefficient (Wildman–Crippen LogP) is 3.99. The lowest BCUT2D eigenvalue weighted by atomic mass is 9.97. The summed E-state index contributed by atoms with van der Waals surface area (Å²) in [6.45, 7) is 6.73. The van der Waals surface area contributed by atoms with E-state index in [0.717, 1.165) is 32.4 Å². The number of anilines is 1. The fraction of sp³-hybridized carbons (Fsp3) is 0.455. The van der Waals surface area contributed by atoms with E-state index in [0.29, 0.717) is 6.04 Å². The van der Waals surface area contributed by atoms with Gasteiger partial charge in [-0.05, 0) is 48.9 Å². The smallest absolute Gasteiger partial charge is 0.0584 e. The van der Waals surface area contributed by atoms with Crippen molar-refractivity contribution in [3.05, 3.63) is 54.1 Å². The average molecular weight is 338 g/mol. The van der Waals surface area contributed by atoms with Gasteiger partial charge in [0.2, 0.25) is 0 Å². The molecule has 3 nitrogen and oxygen atoms in total. The van der Waals surface area contributed by atoms with Crippen LogP contribution in [0.3, 0.4) is 0 Å². The quantitative estimate of drug-likeness (QED) is 0.836. The lowest BCUT2D eigenvalue weighted by Crippen LogP contribution is -2.47. The van der Waals surface area contributed by atoms with Gasteiger partial charge >= 0.3 is 0 Å². The number of nitrogens with zero attached hydrogens (tertiary/aromatic N) is 1. The first-order valence-electron chi connectivity index (χ1n) is 9.49. The molecule has 0 aromatic heterocycles. The van der Waals surface area contributed by atoms with Crippen LogP contribution >= 0.6 is 0 Å². The number of aliphatic hydroxyl groups is 1. The fourth-order valence-electron chi connectivity index (χ4n) is 3.82. The van der Waals surface area contributed by atoms with Crippen LogP contribution in [-0.4, -0.2) is 36.9 Å². The Morgan fingerprint density at radius 3 is 2.44 bits per heavy atom. The first-order chi connectivity index (χ1) is 12.2. The van der Waals surface area contributed by atoms with Crippen molar-refractivity contribution in [2.24, 2.45) is 0 Å². The maximum absolute atomic E-state index is 9.39. The summed E-state index contributed by atoms with van der Waals surface area (Å²) >= 11 is 0. The Kier molecular flexibility index (Phi) is 6.11. The molecule has 0 amide bonds. The highest BCUT2D eigenvalue weighted by molar-refractivity contribution is 5.74. The molecule has 1 saturated heterocycles. The molecular weight excluding hydrogens is 308 g/mol. The minimum atomic E-state index is 0.231. The Hall–Kier alpha value is -1.84. The molecule has 3 rings (SSSR count). The standard InChI is InChI=1S/C22H30N2O/c1-3-19(16-25)23-20-12-14-24(15-13-20)22-11-7-10-21(17(22)2)18-8-5-4-6-9-18/h4-11,19-20,23,25H,3,12-16H2,1-2H3. The molecule has 1 aliphatic rings. The van der Waals surface area contributed by atoms with E-state index in [-0.39, 0.29) is 12.6 Å². The van der Waals surface area contributed by atoms with E-state index in [2.05, 4.69) is 72.6 Å². The Balaban J connectivity index is 1.70. The van der Waals surface area contributed by atoms with E-state index < -0.39 is 0 Å². The summed E-state index contributed by atoms with van der Waals surface area (Å²) in [6.07, 6.45) is 3.24. The van der Waals surface area contributed by atoms with Crippen LogP contribution in [0.4, 0.5) is 5.69 Å². The van der Waals surface area contributed by atoms with Crippen LogP contribution in [-0.2, 0) is 0 Å². The van der Waals surface area contributed by atoms with Gasteiger partial charge in [-0.1, -0.05) is 49.4 Å². The number of rotatable bonds is 6. The van der Waals surface area contributed by atoms with Gasteiger partial charge in [0, 0.05) is 30.9 Å². The van der Waals surface area contributed by atoms with Gasteiger partial charge in [-0.2, -0.15) is 0 Å². The Bertz CT molecular complexity index is 659. The van der Waals surface area contributed by atoms with E-state index in [1.54, 1.807) is 0 Å². The first-order valence-corrected chi connectivity index (χ1v) is 9.49. The molecule has 1 atom stereocenters. The lowest BCUT2D eigenvalue weighted by molar-refractivity contribution is 0.220. The molecule has 0 radical (unpaired) electrons. The van der Waals surface area contributed by atoms with Crippen molar-refractivity contribution in [2.75, 3.05) is 24.6 Å². The molecule has 1 unspecified atom stereocenters. The number of hydrogen-bond acceptors (Lipinski definition) is 3. The topological polar surface area (TPSA) is 35.5 Å². The van der Waals surface area contributed by atoms with Gasteiger partial charge in [0.1, 0.15) is 0 Å². The van der Waals surface area contributed by atoms with Gasteiger partial charge in [-0.15, -0.1) is 0 Å². The second kappa shape index (κ2) is 8.50. The van der Waals surface area contributed by atoms with Crippen LogP contribution in [0.5, 0.6) is 0 Å². The SMILES string of the molecule is CCC(CO)NC1CCN(c2cccc(-c3ccccc3)c2C)CC1. The van der Waals surface area contributed by atoms with Gasteiger partial charge in [0.15, 0.2) is 0 Å². The van der Waals surface area contributed by atoms with Gasteiger partial charge in [0.05, 0.1) is 6.61 Å². The molecule has 1 heterocycles. The van der Waals surface area contributed by atoms with Crippen LogP contribution in [0.2, 0.25) is 0 Å². The molecule has 2 aromatic carbocycles. The van der Waals surface area contributed by atoms with Crippen molar-refractivity contribution in [1.82, 2.24) is 5.32 Å². The molecule has 1 aliphatic heterocycles. The maximum Gasteiger partial charge on any atom is 0.0584 e. The lowest BCUT2D eigenvalue weighted by Gasteiger charge is -2.36. The van der Waals surface area contributed by atoms with Crippen molar-refractivity contribution in [1.29, 1.82) is 0 Å². The summed E-state index contributed by atoms with van der Waals surface area (Å²) in [5, 5.41) is 13.0. The zero-order valence-electron chi connectivity index (χ0n) is 15.4. The summed E-state index contributed by atoms with van der Waals surface area (Å²) in [6, 6.07) is 18.0. The van der Waals surface area contributed by atoms with Gasteiger partial charge < -0.3 is 15.3 Å². The normalized spacial score (nSPS) is 16.8. The van der Waals surface area contributed by atoms with E-state index in [1.165, 1.54) is 22.4 Å². The Morgan fingerprint density at radius 2 is 1.80 bits per heavy atom. The summed E-state index contributed by atoms with van der Waals surface area (Å²) in [7, 11) is 0. The van der Waals surface area contributed by atoms with Crippen LogP contribution in [0.25, 0.3) is 11.1 Å². The molecule has 0 aliphatic carbocycles. The molecule has 0 saturated carbocycles. The van der Waals surface area contributed by atoms with Crippen molar-refractivity contribution in [3.8, 4) is 11.1 Å². The molecule has 0 bridgehead atoms. The molecule has 0 spiro atoms. The summed E-state index contributed by atoms with van der Waals surface area (Å²) in [5.41, 5.74) is 5.33.